The van der Waals surface area contributed by atoms with E-state index in [1.165, 1.54) is 0 Å². The van der Waals surface area contributed by atoms with Crippen LogP contribution in [0, 0.1) is 0 Å². The Bertz CT molecular complexity index is 731. The van der Waals surface area contributed by atoms with E-state index < -0.39 is 10.0 Å². The Labute approximate surface area is 137 Å². The lowest BCUT2D eigenvalue weighted by molar-refractivity contribution is -0.0557. The zero-order chi connectivity index (χ0) is 16.3. The Hall–Kier alpha value is -1.69. The lowest BCUT2D eigenvalue weighted by Gasteiger charge is -2.36. The van der Waals surface area contributed by atoms with E-state index in [2.05, 4.69) is 0 Å². The molecule has 1 aliphatic heterocycles. The van der Waals surface area contributed by atoms with Crippen LogP contribution in [0.2, 0.25) is 0 Å². The lowest BCUT2D eigenvalue weighted by Crippen LogP contribution is -2.46. The third-order valence-corrected chi connectivity index (χ3v) is 5.77. The quantitative estimate of drug-likeness (QED) is 0.865. The molecule has 0 amide bonds. The summed E-state index contributed by atoms with van der Waals surface area (Å²) in [5.41, 5.74) is 1.82. The molecule has 1 aliphatic rings. The van der Waals surface area contributed by atoms with Crippen LogP contribution in [0.4, 0.5) is 0 Å². The Morgan fingerprint density at radius 1 is 1.00 bits per heavy atom. The monoisotopic (exact) mass is 331 g/mol. The van der Waals surface area contributed by atoms with Gasteiger partial charge in [0, 0.05) is 13.1 Å². The van der Waals surface area contributed by atoms with Crippen LogP contribution in [0.3, 0.4) is 0 Å². The molecule has 2 aromatic carbocycles. The van der Waals surface area contributed by atoms with Gasteiger partial charge in [-0.05, 0) is 18.1 Å². The molecule has 1 saturated heterocycles. The number of ether oxygens (including phenoxy) is 1. The summed E-state index contributed by atoms with van der Waals surface area (Å²) < 4.78 is 33.0. The van der Waals surface area contributed by atoms with Gasteiger partial charge in [0.15, 0.2) is 0 Å². The SMILES string of the molecule is C[C@@H]1CN(S(=O)(=O)Cc2ccccc2)C[C@@H](c2ccccc2)O1. The van der Waals surface area contributed by atoms with E-state index in [1.807, 2.05) is 67.6 Å². The van der Waals surface area contributed by atoms with Gasteiger partial charge in [-0.25, -0.2) is 8.42 Å². The normalized spacial score (nSPS) is 22.8. The number of hydrogen-bond acceptors (Lipinski definition) is 3. The average molecular weight is 331 g/mol. The smallest absolute Gasteiger partial charge is 0.218 e. The maximum absolute atomic E-state index is 12.7. The van der Waals surface area contributed by atoms with Crippen molar-refractivity contribution < 1.29 is 13.2 Å². The summed E-state index contributed by atoms with van der Waals surface area (Å²) >= 11 is 0. The largest absolute Gasteiger partial charge is 0.368 e. The second-order valence-electron chi connectivity index (χ2n) is 5.90. The van der Waals surface area contributed by atoms with E-state index in [0.717, 1.165) is 11.1 Å². The summed E-state index contributed by atoms with van der Waals surface area (Å²) in [5, 5.41) is 0. The molecule has 3 rings (SSSR count). The fourth-order valence-corrected chi connectivity index (χ4v) is 4.46. The number of morpholine rings is 1. The predicted molar refractivity (Wildman–Crippen MR) is 90.4 cm³/mol. The van der Waals surface area contributed by atoms with Gasteiger partial charge < -0.3 is 4.74 Å². The van der Waals surface area contributed by atoms with Crippen LogP contribution in [0.5, 0.6) is 0 Å². The van der Waals surface area contributed by atoms with Crippen molar-refractivity contribution in [2.75, 3.05) is 13.1 Å². The standard InChI is InChI=1S/C18H21NO3S/c1-15-12-19(13-18(22-15)17-10-6-3-7-11-17)23(20,21)14-16-8-4-2-5-9-16/h2-11,15,18H,12-14H2,1H3/t15-,18+/m1/s1. The van der Waals surface area contributed by atoms with Crippen molar-refractivity contribution in [1.29, 1.82) is 0 Å². The number of nitrogens with zero attached hydrogens (tertiary/aromatic N) is 1. The second kappa shape index (κ2) is 6.83. The number of benzene rings is 2. The summed E-state index contributed by atoms with van der Waals surface area (Å²) in [6, 6.07) is 19.1. The van der Waals surface area contributed by atoms with E-state index in [9.17, 15) is 8.42 Å². The maximum Gasteiger partial charge on any atom is 0.218 e. The molecule has 0 N–H and O–H groups in total. The highest BCUT2D eigenvalue weighted by Gasteiger charge is 2.33. The topological polar surface area (TPSA) is 46.6 Å². The highest BCUT2D eigenvalue weighted by molar-refractivity contribution is 7.88. The Kier molecular flexibility index (Phi) is 4.80. The first-order chi connectivity index (χ1) is 11.0. The van der Waals surface area contributed by atoms with Gasteiger partial charge in [-0.15, -0.1) is 0 Å². The Morgan fingerprint density at radius 2 is 1.61 bits per heavy atom. The van der Waals surface area contributed by atoms with Crippen LogP contribution in [-0.2, 0) is 20.5 Å². The third kappa shape index (κ3) is 3.99. The predicted octanol–water partition coefficient (Wildman–Crippen LogP) is 2.98. The number of sulfonamides is 1. The first kappa shape index (κ1) is 16.2. The van der Waals surface area contributed by atoms with Gasteiger partial charge in [0.2, 0.25) is 10.0 Å². The van der Waals surface area contributed by atoms with Gasteiger partial charge in [0.05, 0.1) is 18.0 Å². The molecule has 0 radical (unpaired) electrons. The summed E-state index contributed by atoms with van der Waals surface area (Å²) in [4.78, 5) is 0. The number of rotatable bonds is 4. The molecule has 4 nitrogen and oxygen atoms in total. The Morgan fingerprint density at radius 3 is 2.26 bits per heavy atom. The lowest BCUT2D eigenvalue weighted by atomic mass is 10.1. The molecule has 0 spiro atoms. The zero-order valence-corrected chi connectivity index (χ0v) is 13.9. The summed E-state index contributed by atoms with van der Waals surface area (Å²) in [7, 11) is -3.36. The second-order valence-corrected chi connectivity index (χ2v) is 7.87. The molecule has 0 aromatic heterocycles. The van der Waals surface area contributed by atoms with Gasteiger partial charge in [-0.2, -0.15) is 4.31 Å². The first-order valence-electron chi connectivity index (χ1n) is 7.77. The maximum atomic E-state index is 12.7. The van der Waals surface area contributed by atoms with Crippen LogP contribution in [0.1, 0.15) is 24.2 Å². The molecule has 0 bridgehead atoms. The molecule has 5 heteroatoms. The van der Waals surface area contributed by atoms with E-state index in [4.69, 9.17) is 4.74 Å². The third-order valence-electron chi connectivity index (χ3n) is 3.98. The molecule has 1 fully saturated rings. The first-order valence-corrected chi connectivity index (χ1v) is 9.38. The van der Waals surface area contributed by atoms with E-state index in [0.29, 0.717) is 13.1 Å². The average Bonchev–Trinajstić information content (AvgIpc) is 2.56. The van der Waals surface area contributed by atoms with Crippen LogP contribution in [-0.4, -0.2) is 31.9 Å². The highest BCUT2D eigenvalue weighted by Crippen LogP contribution is 2.27. The minimum absolute atomic E-state index is 0.0298. The molecule has 122 valence electrons. The highest BCUT2D eigenvalue weighted by atomic mass is 32.2. The van der Waals surface area contributed by atoms with Gasteiger partial charge in [0.25, 0.3) is 0 Å². The van der Waals surface area contributed by atoms with E-state index in [1.54, 1.807) is 4.31 Å². The van der Waals surface area contributed by atoms with Crippen molar-refractivity contribution in [2.24, 2.45) is 0 Å². The molecule has 2 atom stereocenters. The molecular formula is C18H21NO3S. The molecule has 0 aliphatic carbocycles. The Balaban J connectivity index is 1.78. The summed E-state index contributed by atoms with van der Waals surface area (Å²) in [6.07, 6.45) is -0.343. The van der Waals surface area contributed by atoms with Crippen LogP contribution >= 0.6 is 0 Å². The van der Waals surface area contributed by atoms with Gasteiger partial charge in [0.1, 0.15) is 0 Å². The fourth-order valence-electron chi connectivity index (χ4n) is 2.87. The van der Waals surface area contributed by atoms with Crippen LogP contribution in [0.15, 0.2) is 60.7 Å². The minimum atomic E-state index is -3.36. The van der Waals surface area contributed by atoms with Gasteiger partial charge in [-0.1, -0.05) is 60.7 Å². The van der Waals surface area contributed by atoms with Crippen molar-refractivity contribution in [3.8, 4) is 0 Å². The zero-order valence-electron chi connectivity index (χ0n) is 13.1. The molecular weight excluding hydrogens is 310 g/mol. The van der Waals surface area contributed by atoms with Crippen molar-refractivity contribution in [2.45, 2.75) is 24.9 Å². The molecule has 2 aromatic rings. The molecule has 1 heterocycles. The van der Waals surface area contributed by atoms with E-state index >= 15 is 0 Å². The number of hydrogen-bond donors (Lipinski definition) is 0. The summed E-state index contributed by atoms with van der Waals surface area (Å²) in [5.74, 6) is 0.0298. The molecule has 0 saturated carbocycles. The van der Waals surface area contributed by atoms with Gasteiger partial charge >= 0.3 is 0 Å². The molecule has 0 unspecified atom stereocenters. The molecule has 23 heavy (non-hydrogen) atoms. The van der Waals surface area contributed by atoms with Crippen molar-refractivity contribution >= 4 is 10.0 Å². The van der Waals surface area contributed by atoms with Gasteiger partial charge in [-0.3, -0.25) is 0 Å². The van der Waals surface area contributed by atoms with E-state index in [-0.39, 0.29) is 18.0 Å². The van der Waals surface area contributed by atoms with Crippen LogP contribution < -0.4 is 0 Å². The van der Waals surface area contributed by atoms with Crippen molar-refractivity contribution in [3.63, 3.8) is 0 Å². The summed E-state index contributed by atoms with van der Waals surface area (Å²) in [6.45, 7) is 2.68. The fraction of sp³-hybridized carbons (Fsp3) is 0.333. The van der Waals surface area contributed by atoms with Crippen LogP contribution in [0.25, 0.3) is 0 Å². The minimum Gasteiger partial charge on any atom is -0.368 e. The van der Waals surface area contributed by atoms with Crippen molar-refractivity contribution in [3.05, 3.63) is 71.8 Å². The van der Waals surface area contributed by atoms with Crippen molar-refractivity contribution in [1.82, 2.24) is 4.31 Å².